The predicted octanol–water partition coefficient (Wildman–Crippen LogP) is 7.92. The molecule has 0 unspecified atom stereocenters. The predicted molar refractivity (Wildman–Crippen MR) is 195 cm³/mol. The fourth-order valence-corrected chi connectivity index (χ4v) is 8.23. The first-order valence-electron chi connectivity index (χ1n) is 15.9. The molecule has 4 aromatic rings. The highest BCUT2D eigenvalue weighted by atomic mass is 35.5. The van der Waals surface area contributed by atoms with Gasteiger partial charge in [0.15, 0.2) is 0 Å². The minimum Gasteiger partial charge on any atom is -0.352 e. The molecule has 48 heavy (non-hydrogen) atoms. The minimum atomic E-state index is -4.21. The van der Waals surface area contributed by atoms with Crippen molar-refractivity contribution in [1.29, 1.82) is 0 Å². The Morgan fingerprint density at radius 3 is 2.10 bits per heavy atom. The molecular weight excluding hydrogens is 685 g/mol. The Labute approximate surface area is 297 Å². The van der Waals surface area contributed by atoms with Gasteiger partial charge < -0.3 is 10.2 Å². The second kappa shape index (κ2) is 16.3. The highest BCUT2D eigenvalue weighted by Gasteiger charge is 2.36. The van der Waals surface area contributed by atoms with Gasteiger partial charge >= 0.3 is 0 Å². The third-order valence-corrected chi connectivity index (χ3v) is 11.9. The highest BCUT2D eigenvalue weighted by Crippen LogP contribution is 2.30. The van der Waals surface area contributed by atoms with Gasteiger partial charge in [0, 0.05) is 39.5 Å². The van der Waals surface area contributed by atoms with Gasteiger partial charge in [0.2, 0.25) is 11.8 Å². The summed E-state index contributed by atoms with van der Waals surface area (Å²) in [6.07, 6.45) is 5.89. The van der Waals surface area contributed by atoms with Crippen LogP contribution < -0.4 is 9.62 Å². The number of hydrogen-bond acceptors (Lipinski definition) is 5. The molecule has 5 rings (SSSR count). The highest BCUT2D eigenvalue weighted by molar-refractivity contribution is 7.98. The maximum absolute atomic E-state index is 14.7. The van der Waals surface area contributed by atoms with E-state index in [1.807, 2.05) is 43.5 Å². The van der Waals surface area contributed by atoms with Crippen molar-refractivity contribution in [3.8, 4) is 0 Å². The van der Waals surface area contributed by atoms with Crippen LogP contribution in [-0.4, -0.2) is 50.0 Å². The molecule has 252 valence electrons. The lowest BCUT2D eigenvalue weighted by atomic mass is 10.0. The Bertz CT molecular complexity index is 1800. The molecule has 0 heterocycles. The Balaban J connectivity index is 1.59. The number of anilines is 1. The van der Waals surface area contributed by atoms with Crippen molar-refractivity contribution in [3.63, 3.8) is 0 Å². The number of carbonyl (C=O) groups is 2. The van der Waals surface area contributed by atoms with Gasteiger partial charge in [-0.05, 0) is 80.1 Å². The van der Waals surface area contributed by atoms with E-state index in [9.17, 15) is 18.0 Å². The van der Waals surface area contributed by atoms with Crippen molar-refractivity contribution in [2.75, 3.05) is 17.1 Å². The number of rotatable bonds is 13. The van der Waals surface area contributed by atoms with Gasteiger partial charge in [0.25, 0.3) is 10.0 Å². The number of nitrogens with one attached hydrogen (secondary N) is 1. The number of carbonyl (C=O) groups excluding carboxylic acids is 2. The van der Waals surface area contributed by atoms with E-state index in [2.05, 4.69) is 5.32 Å². The fourth-order valence-electron chi connectivity index (χ4n) is 5.89. The van der Waals surface area contributed by atoms with Crippen LogP contribution in [-0.2, 0) is 32.6 Å². The molecule has 2 amide bonds. The number of nitrogens with zero attached hydrogens (tertiary/aromatic N) is 2. The lowest BCUT2D eigenvalue weighted by Gasteiger charge is -2.34. The van der Waals surface area contributed by atoms with Crippen LogP contribution >= 0.6 is 35.0 Å². The number of hydrogen-bond donors (Lipinski definition) is 1. The second-order valence-electron chi connectivity index (χ2n) is 11.9. The number of halogens is 2. The average Bonchev–Trinajstić information content (AvgIpc) is 3.60. The van der Waals surface area contributed by atoms with E-state index in [1.54, 1.807) is 66.7 Å². The molecule has 1 fully saturated rings. The van der Waals surface area contributed by atoms with Crippen molar-refractivity contribution in [2.24, 2.45) is 0 Å². The monoisotopic (exact) mass is 723 g/mol. The van der Waals surface area contributed by atoms with Crippen LogP contribution in [0.4, 0.5) is 5.69 Å². The van der Waals surface area contributed by atoms with Gasteiger partial charge in [-0.3, -0.25) is 13.9 Å². The Morgan fingerprint density at radius 1 is 0.875 bits per heavy atom. The molecule has 1 N–H and O–H groups in total. The van der Waals surface area contributed by atoms with Crippen LogP contribution in [0.5, 0.6) is 0 Å². The number of aryl methyl sites for hydroxylation is 1. The number of amides is 2. The van der Waals surface area contributed by atoms with Crippen LogP contribution in [0.1, 0.15) is 42.4 Å². The zero-order valence-corrected chi connectivity index (χ0v) is 30.1. The first-order valence-corrected chi connectivity index (χ1v) is 19.3. The second-order valence-corrected chi connectivity index (χ2v) is 15.5. The summed E-state index contributed by atoms with van der Waals surface area (Å²) in [4.78, 5) is 31.3. The number of sulfonamides is 1. The van der Waals surface area contributed by atoms with Crippen LogP contribution in [0.15, 0.2) is 107 Å². The molecular formula is C37H39Cl2N3O4S2. The molecule has 0 radical (unpaired) electrons. The van der Waals surface area contributed by atoms with Crippen LogP contribution in [0.2, 0.25) is 10.0 Å². The number of thioether (sulfide) groups is 1. The summed E-state index contributed by atoms with van der Waals surface area (Å²) in [7, 11) is -4.21. The van der Waals surface area contributed by atoms with E-state index < -0.39 is 28.5 Å². The van der Waals surface area contributed by atoms with Crippen molar-refractivity contribution in [3.05, 3.63) is 124 Å². The van der Waals surface area contributed by atoms with Crippen molar-refractivity contribution in [2.45, 2.75) is 67.4 Å². The first kappa shape index (κ1) is 35.8. The van der Waals surface area contributed by atoms with Gasteiger partial charge in [-0.25, -0.2) is 8.42 Å². The quantitative estimate of drug-likeness (QED) is 0.142. The summed E-state index contributed by atoms with van der Waals surface area (Å²) in [5, 5.41) is 3.85. The van der Waals surface area contributed by atoms with E-state index in [1.165, 1.54) is 16.7 Å². The van der Waals surface area contributed by atoms with Gasteiger partial charge in [0.1, 0.15) is 12.6 Å². The van der Waals surface area contributed by atoms with Crippen LogP contribution in [0.25, 0.3) is 0 Å². The smallest absolute Gasteiger partial charge is 0.264 e. The lowest BCUT2D eigenvalue weighted by Crippen LogP contribution is -2.54. The van der Waals surface area contributed by atoms with E-state index in [4.69, 9.17) is 23.2 Å². The zero-order valence-electron chi connectivity index (χ0n) is 26.9. The summed E-state index contributed by atoms with van der Waals surface area (Å²) in [5.74, 6) is -0.877. The molecule has 0 aromatic heterocycles. The topological polar surface area (TPSA) is 86.8 Å². The summed E-state index contributed by atoms with van der Waals surface area (Å²) < 4.78 is 29.7. The Morgan fingerprint density at radius 2 is 1.50 bits per heavy atom. The minimum absolute atomic E-state index is 0.00492. The molecule has 0 saturated heterocycles. The normalized spacial score (nSPS) is 14.0. The molecule has 0 aliphatic heterocycles. The molecule has 1 saturated carbocycles. The maximum Gasteiger partial charge on any atom is 0.264 e. The standard InChI is InChI=1S/C37H39Cl2N3O4S2/c1-26-15-17-29(18-16-26)42(48(45,46)31-21-19-30(47-2)20-22-31)25-36(43)41(24-32-33(38)13-8-14-34(32)39)35(23-27-9-4-3-5-10-27)37(44)40-28-11-6-7-12-28/h3-5,8-10,13-22,28,35H,6-7,11-12,23-25H2,1-2H3,(H,40,44)/t35-/m1/s1. The molecule has 7 nitrogen and oxygen atoms in total. The largest absolute Gasteiger partial charge is 0.352 e. The van der Waals surface area contributed by atoms with Crippen LogP contribution in [0.3, 0.4) is 0 Å². The maximum atomic E-state index is 14.7. The van der Waals surface area contributed by atoms with Gasteiger partial charge in [0.05, 0.1) is 10.6 Å². The SMILES string of the molecule is CSc1ccc(S(=O)(=O)N(CC(=O)N(Cc2c(Cl)cccc2Cl)[C@H](Cc2ccccc2)C(=O)NC2CCCC2)c2ccc(C)cc2)cc1. The molecule has 11 heteroatoms. The summed E-state index contributed by atoms with van der Waals surface area (Å²) >= 11 is 14.7. The van der Waals surface area contributed by atoms with Crippen molar-refractivity contribution in [1.82, 2.24) is 10.2 Å². The first-order chi connectivity index (χ1) is 23.1. The van der Waals surface area contributed by atoms with E-state index >= 15 is 0 Å². The summed E-state index contributed by atoms with van der Waals surface area (Å²) in [5.41, 5.74) is 2.59. The Hall–Kier alpha value is -3.50. The van der Waals surface area contributed by atoms with Gasteiger partial charge in [-0.15, -0.1) is 11.8 Å². The van der Waals surface area contributed by atoms with Crippen LogP contribution in [0, 0.1) is 6.92 Å². The molecule has 0 spiro atoms. The molecule has 4 aromatic carbocycles. The van der Waals surface area contributed by atoms with E-state index in [-0.39, 0.29) is 29.8 Å². The summed E-state index contributed by atoms with van der Waals surface area (Å²) in [6, 6.07) is 27.1. The molecule has 1 aliphatic rings. The average molecular weight is 725 g/mol. The third kappa shape index (κ3) is 8.74. The summed E-state index contributed by atoms with van der Waals surface area (Å²) in [6.45, 7) is 1.25. The van der Waals surface area contributed by atoms with Gasteiger partial charge in [-0.1, -0.05) is 90.1 Å². The molecule has 1 aliphatic carbocycles. The van der Waals surface area contributed by atoms with Gasteiger partial charge in [-0.2, -0.15) is 0 Å². The molecule has 1 atom stereocenters. The number of benzene rings is 4. The molecule has 0 bridgehead atoms. The lowest BCUT2D eigenvalue weighted by molar-refractivity contribution is -0.140. The third-order valence-electron chi connectivity index (χ3n) is 8.61. The fraction of sp³-hybridized carbons (Fsp3) is 0.297. The van der Waals surface area contributed by atoms with E-state index in [0.717, 1.165) is 46.0 Å². The van der Waals surface area contributed by atoms with Crippen molar-refractivity contribution < 1.29 is 18.0 Å². The Kier molecular flexibility index (Phi) is 12.1. The van der Waals surface area contributed by atoms with E-state index in [0.29, 0.717) is 21.3 Å². The zero-order chi connectivity index (χ0) is 34.3. The van der Waals surface area contributed by atoms with Crippen molar-refractivity contribution >= 4 is 62.5 Å².